The summed E-state index contributed by atoms with van der Waals surface area (Å²) < 4.78 is 5.24. The number of hydrogen-bond acceptors (Lipinski definition) is 4. The Morgan fingerprint density at radius 1 is 1.38 bits per heavy atom. The smallest absolute Gasteiger partial charge is 0.0761 e. The number of methoxy groups -OCH3 is 1. The summed E-state index contributed by atoms with van der Waals surface area (Å²) in [5, 5.41) is 14.4. The van der Waals surface area contributed by atoms with Crippen molar-refractivity contribution in [1.29, 1.82) is 0 Å². The number of benzene rings is 1. The number of rotatable bonds is 7. The Hall–Kier alpha value is -1.20. The van der Waals surface area contributed by atoms with Crippen molar-refractivity contribution in [3.63, 3.8) is 0 Å². The second-order valence-electron chi connectivity index (χ2n) is 5.42. The van der Waals surface area contributed by atoms with Crippen LogP contribution in [0.4, 0.5) is 0 Å². The second kappa shape index (κ2) is 7.18. The van der Waals surface area contributed by atoms with Gasteiger partial charge >= 0.3 is 0 Å². The normalized spacial score (nSPS) is 14.3. The predicted octanol–water partition coefficient (Wildman–Crippen LogP) is 2.77. The van der Waals surface area contributed by atoms with E-state index in [0.717, 1.165) is 16.5 Å². The predicted molar refractivity (Wildman–Crippen MR) is 85.6 cm³/mol. The molecule has 5 heteroatoms. The number of pyridine rings is 1. The van der Waals surface area contributed by atoms with E-state index < -0.39 is 0 Å². The lowest BCUT2D eigenvalue weighted by Gasteiger charge is -2.30. The minimum absolute atomic E-state index is 0.106. The molecule has 0 fully saturated rings. The maximum absolute atomic E-state index is 9.22. The number of hydrogen-bond donors (Lipinski definition) is 2. The molecular formula is C16H21ClN2O2. The van der Waals surface area contributed by atoms with Crippen molar-refractivity contribution in [2.24, 2.45) is 0 Å². The van der Waals surface area contributed by atoms with Crippen molar-refractivity contribution in [2.75, 3.05) is 20.3 Å². The summed E-state index contributed by atoms with van der Waals surface area (Å²) in [5.41, 5.74) is 1.57. The molecule has 0 aliphatic carbocycles. The van der Waals surface area contributed by atoms with Crippen molar-refractivity contribution < 1.29 is 9.84 Å². The molecule has 0 saturated heterocycles. The van der Waals surface area contributed by atoms with E-state index in [1.807, 2.05) is 31.2 Å². The number of halogens is 1. The standard InChI is InChI=1S/C16H21ClN2O2/c1-16(7-9-20,11-21-2)19-10-13-14(17)6-5-12-4-3-8-18-15(12)13/h3-6,8,19-20H,7,9-11H2,1-2H3. The van der Waals surface area contributed by atoms with Crippen LogP contribution in [0.25, 0.3) is 10.9 Å². The van der Waals surface area contributed by atoms with E-state index in [1.165, 1.54) is 0 Å². The largest absolute Gasteiger partial charge is 0.396 e. The summed E-state index contributed by atoms with van der Waals surface area (Å²) in [7, 11) is 1.66. The average molecular weight is 309 g/mol. The molecule has 0 saturated carbocycles. The molecule has 2 rings (SSSR count). The molecule has 0 aliphatic rings. The molecule has 0 radical (unpaired) electrons. The highest BCUT2D eigenvalue weighted by Crippen LogP contribution is 2.25. The van der Waals surface area contributed by atoms with Gasteiger partial charge in [-0.05, 0) is 25.5 Å². The zero-order valence-corrected chi connectivity index (χ0v) is 13.2. The number of nitrogens with one attached hydrogen (secondary N) is 1. The quantitative estimate of drug-likeness (QED) is 0.826. The first-order valence-corrected chi connectivity index (χ1v) is 7.34. The van der Waals surface area contributed by atoms with Crippen molar-refractivity contribution in [2.45, 2.75) is 25.4 Å². The van der Waals surface area contributed by atoms with Crippen LogP contribution in [0.2, 0.25) is 5.02 Å². The summed E-state index contributed by atoms with van der Waals surface area (Å²) in [6.45, 7) is 3.23. The van der Waals surface area contributed by atoms with Crippen LogP contribution in [-0.4, -0.2) is 36.0 Å². The molecule has 0 aliphatic heterocycles. The van der Waals surface area contributed by atoms with Gasteiger partial charge in [-0.1, -0.05) is 23.7 Å². The Labute approximate surface area is 130 Å². The molecule has 0 bridgehead atoms. The lowest BCUT2D eigenvalue weighted by molar-refractivity contribution is 0.0970. The van der Waals surface area contributed by atoms with E-state index in [-0.39, 0.29) is 12.1 Å². The Bertz CT molecular complexity index is 598. The first-order valence-electron chi connectivity index (χ1n) is 6.96. The molecule has 4 nitrogen and oxygen atoms in total. The van der Waals surface area contributed by atoms with Gasteiger partial charge in [0, 0.05) is 48.0 Å². The monoisotopic (exact) mass is 308 g/mol. The zero-order chi connectivity index (χ0) is 15.3. The molecule has 0 spiro atoms. The Kier molecular flexibility index (Phi) is 5.53. The number of nitrogens with zero attached hydrogens (tertiary/aromatic N) is 1. The fourth-order valence-electron chi connectivity index (χ4n) is 2.43. The van der Waals surface area contributed by atoms with Crippen LogP contribution in [0, 0.1) is 0 Å². The topological polar surface area (TPSA) is 54.4 Å². The van der Waals surface area contributed by atoms with Gasteiger partial charge in [0.1, 0.15) is 0 Å². The maximum atomic E-state index is 9.22. The summed E-state index contributed by atoms with van der Waals surface area (Å²) in [4.78, 5) is 4.43. The minimum atomic E-state index is -0.302. The highest BCUT2D eigenvalue weighted by Gasteiger charge is 2.23. The first-order chi connectivity index (χ1) is 10.1. The van der Waals surface area contributed by atoms with Gasteiger partial charge < -0.3 is 15.2 Å². The van der Waals surface area contributed by atoms with Gasteiger partial charge in [-0.3, -0.25) is 4.98 Å². The van der Waals surface area contributed by atoms with Crippen molar-refractivity contribution in [1.82, 2.24) is 10.3 Å². The highest BCUT2D eigenvalue weighted by atomic mass is 35.5. The van der Waals surface area contributed by atoms with Gasteiger partial charge in [0.15, 0.2) is 0 Å². The molecule has 2 N–H and O–H groups in total. The molecule has 1 atom stereocenters. The van der Waals surface area contributed by atoms with E-state index in [4.69, 9.17) is 16.3 Å². The summed E-state index contributed by atoms with van der Waals surface area (Å²) in [5.74, 6) is 0. The molecule has 21 heavy (non-hydrogen) atoms. The van der Waals surface area contributed by atoms with Gasteiger partial charge in [-0.25, -0.2) is 0 Å². The van der Waals surface area contributed by atoms with E-state index in [0.29, 0.717) is 24.6 Å². The molecule has 0 amide bonds. The fourth-order valence-corrected chi connectivity index (χ4v) is 2.65. The summed E-state index contributed by atoms with van der Waals surface area (Å²) in [6.07, 6.45) is 2.38. The molecule has 1 aromatic heterocycles. The van der Waals surface area contributed by atoms with E-state index >= 15 is 0 Å². The van der Waals surface area contributed by atoms with Crippen molar-refractivity contribution in [3.8, 4) is 0 Å². The maximum Gasteiger partial charge on any atom is 0.0761 e. The minimum Gasteiger partial charge on any atom is -0.396 e. The highest BCUT2D eigenvalue weighted by molar-refractivity contribution is 6.32. The van der Waals surface area contributed by atoms with Gasteiger partial charge in [-0.2, -0.15) is 0 Å². The molecule has 2 aromatic rings. The first kappa shape index (κ1) is 16.2. The fraction of sp³-hybridized carbons (Fsp3) is 0.438. The molecule has 114 valence electrons. The van der Waals surface area contributed by atoms with Gasteiger partial charge in [0.05, 0.1) is 12.1 Å². The van der Waals surface area contributed by atoms with Crippen LogP contribution in [0.5, 0.6) is 0 Å². The number of ether oxygens (including phenoxy) is 1. The zero-order valence-electron chi connectivity index (χ0n) is 12.4. The van der Waals surface area contributed by atoms with E-state index in [9.17, 15) is 5.11 Å². The molecule has 1 heterocycles. The SMILES string of the molecule is COCC(C)(CCO)NCc1c(Cl)ccc2cccnc12. The van der Waals surface area contributed by atoms with Crippen molar-refractivity contribution in [3.05, 3.63) is 41.0 Å². The molecular weight excluding hydrogens is 288 g/mol. The second-order valence-corrected chi connectivity index (χ2v) is 5.83. The van der Waals surface area contributed by atoms with Crippen LogP contribution < -0.4 is 5.32 Å². The van der Waals surface area contributed by atoms with Crippen LogP contribution >= 0.6 is 11.6 Å². The number of fused-ring (bicyclic) bond motifs is 1. The van der Waals surface area contributed by atoms with E-state index in [2.05, 4.69) is 10.3 Å². The summed E-state index contributed by atoms with van der Waals surface area (Å²) in [6, 6.07) is 7.79. The van der Waals surface area contributed by atoms with Crippen molar-refractivity contribution >= 4 is 22.5 Å². The number of aliphatic hydroxyl groups is 1. The number of aliphatic hydroxyl groups excluding tert-OH is 1. The Morgan fingerprint density at radius 2 is 2.19 bits per heavy atom. The van der Waals surface area contributed by atoms with Gasteiger partial charge in [0.2, 0.25) is 0 Å². The van der Waals surface area contributed by atoms with Crippen LogP contribution in [0.1, 0.15) is 18.9 Å². The third-order valence-electron chi connectivity index (χ3n) is 3.64. The Morgan fingerprint density at radius 3 is 2.90 bits per heavy atom. The van der Waals surface area contributed by atoms with Crippen LogP contribution in [-0.2, 0) is 11.3 Å². The molecule has 1 unspecified atom stereocenters. The summed E-state index contributed by atoms with van der Waals surface area (Å²) >= 11 is 6.33. The van der Waals surface area contributed by atoms with Gasteiger partial charge in [0.25, 0.3) is 0 Å². The van der Waals surface area contributed by atoms with E-state index in [1.54, 1.807) is 13.3 Å². The Balaban J connectivity index is 2.25. The van der Waals surface area contributed by atoms with Crippen LogP contribution in [0.3, 0.4) is 0 Å². The van der Waals surface area contributed by atoms with Crippen LogP contribution in [0.15, 0.2) is 30.5 Å². The average Bonchev–Trinajstić information content (AvgIpc) is 2.47. The third-order valence-corrected chi connectivity index (χ3v) is 3.99. The third kappa shape index (κ3) is 3.92. The van der Waals surface area contributed by atoms with Gasteiger partial charge in [-0.15, -0.1) is 0 Å². The lowest BCUT2D eigenvalue weighted by atomic mass is 9.98. The lowest BCUT2D eigenvalue weighted by Crippen LogP contribution is -2.46. The molecule has 1 aromatic carbocycles. The number of aromatic nitrogens is 1.